The van der Waals surface area contributed by atoms with Gasteiger partial charge < -0.3 is 5.32 Å². The molecule has 78 valence electrons. The lowest BCUT2D eigenvalue weighted by atomic mass is 9.95. The minimum atomic E-state index is 0.638. The molecule has 1 heteroatoms. The van der Waals surface area contributed by atoms with Crippen molar-refractivity contribution < 1.29 is 0 Å². The van der Waals surface area contributed by atoms with Crippen LogP contribution in [0.3, 0.4) is 0 Å². The highest BCUT2D eigenvalue weighted by Gasteiger charge is 2.27. The van der Waals surface area contributed by atoms with Gasteiger partial charge in [0.15, 0.2) is 0 Å². The molecule has 0 spiro atoms. The van der Waals surface area contributed by atoms with Gasteiger partial charge >= 0.3 is 0 Å². The van der Waals surface area contributed by atoms with Crippen LogP contribution < -0.4 is 5.32 Å². The smallest absolute Gasteiger partial charge is 0.0259 e. The summed E-state index contributed by atoms with van der Waals surface area (Å²) in [6, 6.07) is 10.2. The van der Waals surface area contributed by atoms with Crippen LogP contribution in [0.25, 0.3) is 5.57 Å². The van der Waals surface area contributed by atoms with Crippen molar-refractivity contribution in [3.63, 3.8) is 0 Å². The summed E-state index contributed by atoms with van der Waals surface area (Å²) in [6.07, 6.45) is 6.30. The molecule has 2 unspecified atom stereocenters. The Balaban J connectivity index is 1.94. The summed E-state index contributed by atoms with van der Waals surface area (Å²) in [6.45, 7) is 2.17. The van der Waals surface area contributed by atoms with E-state index in [4.69, 9.17) is 0 Å². The van der Waals surface area contributed by atoms with E-state index >= 15 is 0 Å². The molecule has 2 aliphatic heterocycles. The zero-order valence-electron chi connectivity index (χ0n) is 9.16. The van der Waals surface area contributed by atoms with E-state index in [1.54, 1.807) is 5.57 Å². The van der Waals surface area contributed by atoms with Gasteiger partial charge in [0.1, 0.15) is 0 Å². The molecule has 1 aromatic rings. The Morgan fingerprint density at radius 3 is 3.00 bits per heavy atom. The van der Waals surface area contributed by atoms with E-state index in [0.29, 0.717) is 6.04 Å². The maximum Gasteiger partial charge on any atom is 0.0259 e. The van der Waals surface area contributed by atoms with Crippen molar-refractivity contribution in [3.05, 3.63) is 41.5 Å². The highest BCUT2D eigenvalue weighted by atomic mass is 15.0. The van der Waals surface area contributed by atoms with Crippen LogP contribution in [0.1, 0.15) is 30.4 Å². The summed E-state index contributed by atoms with van der Waals surface area (Å²) in [5, 5.41) is 3.63. The molecular formula is C14H17N. The molecule has 1 N–H and O–H groups in total. The van der Waals surface area contributed by atoms with Gasteiger partial charge in [0.2, 0.25) is 0 Å². The molecule has 1 nitrogen and oxygen atoms in total. The number of hydrogen-bond donors (Lipinski definition) is 1. The van der Waals surface area contributed by atoms with Crippen molar-refractivity contribution in [2.24, 2.45) is 0 Å². The van der Waals surface area contributed by atoms with Crippen molar-refractivity contribution in [2.75, 3.05) is 0 Å². The van der Waals surface area contributed by atoms with Crippen LogP contribution in [-0.2, 0) is 0 Å². The summed E-state index contributed by atoms with van der Waals surface area (Å²) in [4.78, 5) is 0. The van der Waals surface area contributed by atoms with Gasteiger partial charge in [0, 0.05) is 12.1 Å². The molecule has 2 aliphatic rings. The van der Waals surface area contributed by atoms with Crippen molar-refractivity contribution in [1.82, 2.24) is 5.32 Å². The first-order valence-corrected chi connectivity index (χ1v) is 5.85. The molecule has 0 aromatic heterocycles. The van der Waals surface area contributed by atoms with Crippen LogP contribution in [0.4, 0.5) is 0 Å². The Morgan fingerprint density at radius 2 is 2.20 bits per heavy atom. The van der Waals surface area contributed by atoms with E-state index in [-0.39, 0.29) is 0 Å². The van der Waals surface area contributed by atoms with Crippen LogP contribution in [0.5, 0.6) is 0 Å². The SMILES string of the molecule is Cc1cccc(C2=CC3CCC(C2)N3)c1. The lowest BCUT2D eigenvalue weighted by Crippen LogP contribution is -2.31. The third kappa shape index (κ3) is 1.72. The zero-order valence-corrected chi connectivity index (χ0v) is 9.16. The molecule has 1 fully saturated rings. The van der Waals surface area contributed by atoms with Crippen LogP contribution in [0.2, 0.25) is 0 Å². The molecule has 0 saturated carbocycles. The molecule has 1 aromatic carbocycles. The molecule has 2 atom stereocenters. The second-order valence-electron chi connectivity index (χ2n) is 4.81. The average molecular weight is 199 g/mol. The Kier molecular flexibility index (Phi) is 2.14. The first kappa shape index (κ1) is 9.17. The highest BCUT2D eigenvalue weighted by molar-refractivity contribution is 5.68. The van der Waals surface area contributed by atoms with E-state index in [0.717, 1.165) is 6.04 Å². The highest BCUT2D eigenvalue weighted by Crippen LogP contribution is 2.31. The van der Waals surface area contributed by atoms with E-state index in [1.165, 1.54) is 30.4 Å². The third-order valence-electron chi connectivity index (χ3n) is 3.53. The zero-order chi connectivity index (χ0) is 10.3. The molecule has 1 saturated heterocycles. The van der Waals surface area contributed by atoms with Gasteiger partial charge in [-0.05, 0) is 37.3 Å². The second-order valence-corrected chi connectivity index (χ2v) is 4.81. The van der Waals surface area contributed by atoms with E-state index in [1.807, 2.05) is 0 Å². The lowest BCUT2D eigenvalue weighted by molar-refractivity contribution is 0.575. The molecule has 3 rings (SSSR count). The molecule has 0 radical (unpaired) electrons. The van der Waals surface area contributed by atoms with Crippen molar-refractivity contribution in [1.29, 1.82) is 0 Å². The van der Waals surface area contributed by atoms with Crippen molar-refractivity contribution >= 4 is 5.57 Å². The topological polar surface area (TPSA) is 12.0 Å². The van der Waals surface area contributed by atoms with Crippen molar-refractivity contribution in [2.45, 2.75) is 38.3 Å². The van der Waals surface area contributed by atoms with Crippen LogP contribution >= 0.6 is 0 Å². The maximum absolute atomic E-state index is 3.63. The fourth-order valence-corrected chi connectivity index (χ4v) is 2.78. The number of fused-ring (bicyclic) bond motifs is 2. The first-order chi connectivity index (χ1) is 7.31. The first-order valence-electron chi connectivity index (χ1n) is 5.85. The molecule has 0 aliphatic carbocycles. The van der Waals surface area contributed by atoms with Gasteiger partial charge in [-0.2, -0.15) is 0 Å². The fourth-order valence-electron chi connectivity index (χ4n) is 2.78. The minimum absolute atomic E-state index is 0.638. The predicted molar refractivity (Wildman–Crippen MR) is 63.7 cm³/mol. The quantitative estimate of drug-likeness (QED) is 0.733. The van der Waals surface area contributed by atoms with E-state index in [9.17, 15) is 0 Å². The maximum atomic E-state index is 3.63. The summed E-state index contributed by atoms with van der Waals surface area (Å²) >= 11 is 0. The van der Waals surface area contributed by atoms with Gasteiger partial charge in [0.25, 0.3) is 0 Å². The second kappa shape index (κ2) is 3.49. The Morgan fingerprint density at radius 1 is 1.27 bits per heavy atom. The summed E-state index contributed by atoms with van der Waals surface area (Å²) < 4.78 is 0. The summed E-state index contributed by atoms with van der Waals surface area (Å²) in [5.74, 6) is 0. The average Bonchev–Trinajstić information content (AvgIpc) is 2.58. The minimum Gasteiger partial charge on any atom is -0.307 e. The number of aryl methyl sites for hydroxylation is 1. The Labute approximate surface area is 91.2 Å². The Bertz CT molecular complexity index is 406. The van der Waals surface area contributed by atoms with Gasteiger partial charge in [0.05, 0.1) is 0 Å². The Hall–Kier alpha value is -1.08. The van der Waals surface area contributed by atoms with Crippen molar-refractivity contribution in [3.8, 4) is 0 Å². The standard InChI is InChI=1S/C14H17N/c1-10-3-2-4-11(7-10)12-8-13-5-6-14(9-12)15-13/h2-4,7-8,13-15H,5-6,9H2,1H3. The van der Waals surface area contributed by atoms with Crippen LogP contribution in [0, 0.1) is 6.92 Å². The summed E-state index contributed by atoms with van der Waals surface area (Å²) in [7, 11) is 0. The van der Waals surface area contributed by atoms with Gasteiger partial charge in [-0.1, -0.05) is 35.9 Å². The predicted octanol–water partition coefficient (Wildman–Crippen LogP) is 2.90. The lowest BCUT2D eigenvalue weighted by Gasteiger charge is -2.21. The molecule has 15 heavy (non-hydrogen) atoms. The van der Waals surface area contributed by atoms with Gasteiger partial charge in [-0.3, -0.25) is 0 Å². The third-order valence-corrected chi connectivity index (χ3v) is 3.53. The number of rotatable bonds is 1. The molecule has 2 bridgehead atoms. The number of nitrogens with one attached hydrogen (secondary N) is 1. The van der Waals surface area contributed by atoms with Gasteiger partial charge in [-0.15, -0.1) is 0 Å². The normalized spacial score (nSPS) is 29.0. The van der Waals surface area contributed by atoms with Crippen LogP contribution in [-0.4, -0.2) is 12.1 Å². The monoisotopic (exact) mass is 199 g/mol. The molecular weight excluding hydrogens is 182 g/mol. The fraction of sp³-hybridized carbons (Fsp3) is 0.429. The van der Waals surface area contributed by atoms with E-state index < -0.39 is 0 Å². The van der Waals surface area contributed by atoms with Gasteiger partial charge in [-0.25, -0.2) is 0 Å². The number of hydrogen-bond acceptors (Lipinski definition) is 1. The van der Waals surface area contributed by atoms with E-state index in [2.05, 4.69) is 42.6 Å². The number of benzene rings is 1. The molecule has 2 heterocycles. The molecule has 0 amide bonds. The van der Waals surface area contributed by atoms with Crippen LogP contribution in [0.15, 0.2) is 30.3 Å². The summed E-state index contributed by atoms with van der Waals surface area (Å²) in [5.41, 5.74) is 4.33. The largest absolute Gasteiger partial charge is 0.307 e.